The lowest BCUT2D eigenvalue weighted by molar-refractivity contribution is -0.116. The van der Waals surface area contributed by atoms with Crippen molar-refractivity contribution in [2.24, 2.45) is 0 Å². The molecule has 5 nitrogen and oxygen atoms in total. The number of hydrogen-bond acceptors (Lipinski definition) is 5. The van der Waals surface area contributed by atoms with Gasteiger partial charge in [0.1, 0.15) is 6.26 Å². The molecule has 0 atom stereocenters. The number of thioether (sulfide) groups is 1. The number of anilines is 2. The second kappa shape index (κ2) is 7.00. The summed E-state index contributed by atoms with van der Waals surface area (Å²) >= 11 is 1.50. The molecule has 2 aromatic rings. The largest absolute Gasteiger partial charge is 0.440 e. The first-order valence-corrected chi connectivity index (χ1v) is 7.32. The van der Waals surface area contributed by atoms with Gasteiger partial charge in [0.2, 0.25) is 5.91 Å². The van der Waals surface area contributed by atoms with Gasteiger partial charge < -0.3 is 15.5 Å². The van der Waals surface area contributed by atoms with Crippen molar-refractivity contribution >= 4 is 29.0 Å². The third kappa shape index (κ3) is 4.03. The molecule has 1 aromatic heterocycles. The fourth-order valence-corrected chi connectivity index (χ4v) is 2.40. The normalized spacial score (nSPS) is 10.4. The van der Waals surface area contributed by atoms with E-state index in [2.05, 4.69) is 10.3 Å². The van der Waals surface area contributed by atoms with Gasteiger partial charge in [-0.1, -0.05) is 17.8 Å². The summed E-state index contributed by atoms with van der Waals surface area (Å²) in [6.45, 7) is 1.89. The van der Waals surface area contributed by atoms with Crippen LogP contribution in [0.25, 0.3) is 0 Å². The molecule has 0 radical (unpaired) electrons. The molecule has 1 heterocycles. The molecular formula is C14H17N3O2S. The Labute approximate surface area is 122 Å². The van der Waals surface area contributed by atoms with Crippen LogP contribution in [0.1, 0.15) is 18.4 Å². The van der Waals surface area contributed by atoms with Gasteiger partial charge in [0, 0.05) is 23.5 Å². The Morgan fingerprint density at radius 1 is 1.50 bits per heavy atom. The maximum atomic E-state index is 11.8. The van der Waals surface area contributed by atoms with Crippen LogP contribution in [0.5, 0.6) is 0 Å². The smallest absolute Gasteiger partial charge is 0.255 e. The summed E-state index contributed by atoms with van der Waals surface area (Å²) < 4.78 is 5.10. The highest BCUT2D eigenvalue weighted by molar-refractivity contribution is 7.99. The van der Waals surface area contributed by atoms with Crippen molar-refractivity contribution in [3.05, 3.63) is 36.2 Å². The molecule has 1 amide bonds. The minimum Gasteiger partial charge on any atom is -0.440 e. The summed E-state index contributed by atoms with van der Waals surface area (Å²) in [5.74, 6) is 0.788. The third-order valence-electron chi connectivity index (χ3n) is 2.83. The molecule has 0 aliphatic heterocycles. The lowest BCUT2D eigenvalue weighted by Crippen LogP contribution is -2.12. The van der Waals surface area contributed by atoms with E-state index in [4.69, 9.17) is 10.2 Å². The number of nitrogens with two attached hydrogens (primary N) is 1. The summed E-state index contributed by atoms with van der Waals surface area (Å²) in [6, 6.07) is 5.50. The van der Waals surface area contributed by atoms with E-state index in [1.807, 2.05) is 25.1 Å². The third-order valence-corrected chi connectivity index (χ3v) is 3.77. The number of oxazole rings is 1. The quantitative estimate of drug-likeness (QED) is 0.485. The minimum absolute atomic E-state index is 0.00768. The first-order chi connectivity index (χ1) is 9.66. The first-order valence-electron chi connectivity index (χ1n) is 6.34. The molecule has 0 spiro atoms. The zero-order valence-corrected chi connectivity index (χ0v) is 12.1. The number of hydrogen-bond donors (Lipinski definition) is 2. The Kier molecular flexibility index (Phi) is 5.06. The predicted molar refractivity (Wildman–Crippen MR) is 80.7 cm³/mol. The molecule has 0 saturated heterocycles. The van der Waals surface area contributed by atoms with Crippen LogP contribution in [0.15, 0.2) is 40.3 Å². The SMILES string of the molecule is Cc1c(N)cccc1NC(=O)CCCSc1ncco1. The number of amides is 1. The van der Waals surface area contributed by atoms with E-state index in [9.17, 15) is 4.79 Å². The Morgan fingerprint density at radius 3 is 3.10 bits per heavy atom. The fourth-order valence-electron chi connectivity index (χ4n) is 1.68. The molecule has 3 N–H and O–H groups in total. The fraction of sp³-hybridized carbons (Fsp3) is 0.286. The maximum Gasteiger partial charge on any atom is 0.255 e. The molecule has 0 aliphatic rings. The molecule has 20 heavy (non-hydrogen) atoms. The van der Waals surface area contributed by atoms with Crippen LogP contribution in [0.4, 0.5) is 11.4 Å². The van der Waals surface area contributed by atoms with Crippen LogP contribution in [0.2, 0.25) is 0 Å². The van der Waals surface area contributed by atoms with Crippen molar-refractivity contribution in [2.45, 2.75) is 25.0 Å². The predicted octanol–water partition coefficient (Wildman–Crippen LogP) is 3.08. The molecule has 0 aliphatic carbocycles. The zero-order valence-electron chi connectivity index (χ0n) is 11.3. The van der Waals surface area contributed by atoms with Gasteiger partial charge in [0.15, 0.2) is 0 Å². The van der Waals surface area contributed by atoms with Crippen molar-refractivity contribution in [1.82, 2.24) is 4.98 Å². The van der Waals surface area contributed by atoms with E-state index in [0.29, 0.717) is 17.3 Å². The van der Waals surface area contributed by atoms with Gasteiger partial charge in [-0.15, -0.1) is 0 Å². The Morgan fingerprint density at radius 2 is 2.35 bits per heavy atom. The molecule has 0 unspecified atom stereocenters. The van der Waals surface area contributed by atoms with Crippen molar-refractivity contribution in [3.8, 4) is 0 Å². The van der Waals surface area contributed by atoms with Crippen LogP contribution in [-0.4, -0.2) is 16.6 Å². The number of carbonyl (C=O) groups excluding carboxylic acids is 1. The average molecular weight is 291 g/mol. The molecule has 106 valence electrons. The Hall–Kier alpha value is -1.95. The van der Waals surface area contributed by atoms with E-state index < -0.39 is 0 Å². The topological polar surface area (TPSA) is 81.1 Å². The van der Waals surface area contributed by atoms with Gasteiger partial charge in [-0.05, 0) is 31.0 Å². The molecular weight excluding hydrogens is 274 g/mol. The lowest BCUT2D eigenvalue weighted by Gasteiger charge is -2.09. The number of carbonyl (C=O) groups is 1. The Bertz CT molecular complexity index is 570. The average Bonchev–Trinajstić information content (AvgIpc) is 2.93. The second-order valence-corrected chi connectivity index (χ2v) is 5.36. The lowest BCUT2D eigenvalue weighted by atomic mass is 10.1. The van der Waals surface area contributed by atoms with Gasteiger partial charge >= 0.3 is 0 Å². The molecule has 1 aromatic carbocycles. The highest BCUT2D eigenvalue weighted by atomic mass is 32.2. The van der Waals surface area contributed by atoms with Gasteiger partial charge in [-0.25, -0.2) is 4.98 Å². The van der Waals surface area contributed by atoms with Gasteiger partial charge in [-0.3, -0.25) is 4.79 Å². The van der Waals surface area contributed by atoms with Gasteiger partial charge in [0.05, 0.1) is 6.20 Å². The number of nitrogen functional groups attached to an aromatic ring is 1. The highest BCUT2D eigenvalue weighted by Crippen LogP contribution is 2.21. The van der Waals surface area contributed by atoms with Crippen molar-refractivity contribution in [2.75, 3.05) is 16.8 Å². The van der Waals surface area contributed by atoms with Gasteiger partial charge in [0.25, 0.3) is 5.22 Å². The van der Waals surface area contributed by atoms with E-state index in [1.165, 1.54) is 18.0 Å². The highest BCUT2D eigenvalue weighted by Gasteiger charge is 2.06. The van der Waals surface area contributed by atoms with Crippen LogP contribution in [-0.2, 0) is 4.79 Å². The van der Waals surface area contributed by atoms with Gasteiger partial charge in [-0.2, -0.15) is 0 Å². The molecule has 0 bridgehead atoms. The van der Waals surface area contributed by atoms with E-state index in [-0.39, 0.29) is 5.91 Å². The summed E-state index contributed by atoms with van der Waals surface area (Å²) in [6.07, 6.45) is 4.37. The number of nitrogens with one attached hydrogen (secondary N) is 1. The summed E-state index contributed by atoms with van der Waals surface area (Å²) in [5, 5.41) is 3.51. The summed E-state index contributed by atoms with van der Waals surface area (Å²) in [7, 11) is 0. The standard InChI is InChI=1S/C14H17N3O2S/c1-10-11(15)4-2-5-12(10)17-13(18)6-3-9-20-14-16-7-8-19-14/h2,4-5,7-8H,3,6,9,15H2,1H3,(H,17,18). The summed E-state index contributed by atoms with van der Waals surface area (Å²) in [5.41, 5.74) is 8.15. The first kappa shape index (κ1) is 14.5. The number of nitrogens with zero attached hydrogens (tertiary/aromatic N) is 1. The maximum absolute atomic E-state index is 11.8. The van der Waals surface area contributed by atoms with Crippen molar-refractivity contribution in [1.29, 1.82) is 0 Å². The second-order valence-electron chi connectivity index (χ2n) is 4.32. The Balaban J connectivity index is 1.74. The van der Waals surface area contributed by atoms with Crippen LogP contribution in [0.3, 0.4) is 0 Å². The number of rotatable bonds is 6. The van der Waals surface area contributed by atoms with E-state index in [1.54, 1.807) is 6.20 Å². The minimum atomic E-state index is -0.00768. The monoisotopic (exact) mass is 291 g/mol. The zero-order chi connectivity index (χ0) is 14.4. The molecule has 2 rings (SSSR count). The van der Waals surface area contributed by atoms with Crippen LogP contribution in [0, 0.1) is 6.92 Å². The van der Waals surface area contributed by atoms with E-state index >= 15 is 0 Å². The molecule has 6 heteroatoms. The van der Waals surface area contributed by atoms with E-state index in [0.717, 1.165) is 23.4 Å². The van der Waals surface area contributed by atoms with Crippen molar-refractivity contribution < 1.29 is 9.21 Å². The molecule has 0 fully saturated rings. The van der Waals surface area contributed by atoms with Crippen molar-refractivity contribution in [3.63, 3.8) is 0 Å². The summed E-state index contributed by atoms with van der Waals surface area (Å²) in [4.78, 5) is 15.8. The van der Waals surface area contributed by atoms with Crippen LogP contribution >= 0.6 is 11.8 Å². The number of aromatic nitrogens is 1. The molecule has 0 saturated carbocycles. The van der Waals surface area contributed by atoms with Crippen LogP contribution < -0.4 is 11.1 Å². The number of benzene rings is 1.